The molecule has 1 aliphatic carbocycles. The molecule has 3 rings (SSSR count). The summed E-state index contributed by atoms with van der Waals surface area (Å²) < 4.78 is 15.2. The molecule has 1 aromatic carbocycles. The fraction of sp³-hybridized carbons (Fsp3) is 0.524. The van der Waals surface area contributed by atoms with Gasteiger partial charge in [0.15, 0.2) is 5.96 Å². The summed E-state index contributed by atoms with van der Waals surface area (Å²) in [5.74, 6) is 0.631. The van der Waals surface area contributed by atoms with Gasteiger partial charge in [0.05, 0.1) is 12.2 Å². The standard InChI is InChI=1S/C21H30FN5.HI/c1-5-23-20(24-13-19-15(2)26-27(4)16(19)3)25-14-21(11-6-12-21)17-7-9-18(22)10-8-17;/h7-10H,5-6,11-14H2,1-4H3,(H2,23,24,25);1H. The molecule has 0 atom stereocenters. The highest BCUT2D eigenvalue weighted by atomic mass is 127. The van der Waals surface area contributed by atoms with Crippen molar-refractivity contribution in [2.45, 2.75) is 52.0 Å². The van der Waals surface area contributed by atoms with Crippen LogP contribution in [0, 0.1) is 19.7 Å². The molecule has 2 aromatic rings. The molecule has 0 unspecified atom stereocenters. The molecule has 0 bridgehead atoms. The third-order valence-corrected chi connectivity index (χ3v) is 5.76. The Morgan fingerprint density at radius 3 is 2.39 bits per heavy atom. The number of hydrogen-bond donors (Lipinski definition) is 2. The molecule has 0 spiro atoms. The summed E-state index contributed by atoms with van der Waals surface area (Å²) in [6.45, 7) is 8.37. The molecule has 5 nitrogen and oxygen atoms in total. The first-order valence-electron chi connectivity index (χ1n) is 9.72. The van der Waals surface area contributed by atoms with Crippen molar-refractivity contribution in [3.05, 3.63) is 52.6 Å². The molecule has 154 valence electrons. The van der Waals surface area contributed by atoms with Crippen LogP contribution < -0.4 is 10.6 Å². The fourth-order valence-electron chi connectivity index (χ4n) is 3.77. The van der Waals surface area contributed by atoms with Gasteiger partial charge in [0.2, 0.25) is 0 Å². The number of aryl methyl sites for hydroxylation is 2. The molecule has 1 heterocycles. The van der Waals surface area contributed by atoms with Crippen molar-refractivity contribution in [2.75, 3.05) is 13.1 Å². The third kappa shape index (κ3) is 4.85. The van der Waals surface area contributed by atoms with Crippen LogP contribution in [0.2, 0.25) is 0 Å². The SMILES string of the molecule is CCNC(=NCc1c(C)nn(C)c1C)NCC1(c2ccc(F)cc2)CCC1.I. The Labute approximate surface area is 184 Å². The summed E-state index contributed by atoms with van der Waals surface area (Å²) in [6, 6.07) is 6.95. The molecule has 1 aliphatic rings. The van der Waals surface area contributed by atoms with Crippen LogP contribution in [0.4, 0.5) is 4.39 Å². The zero-order valence-corrected chi connectivity index (χ0v) is 19.5. The fourth-order valence-corrected chi connectivity index (χ4v) is 3.77. The molecule has 0 radical (unpaired) electrons. The Morgan fingerprint density at radius 2 is 1.89 bits per heavy atom. The van der Waals surface area contributed by atoms with Crippen LogP contribution in [0.25, 0.3) is 0 Å². The molecule has 28 heavy (non-hydrogen) atoms. The highest BCUT2D eigenvalue weighted by Crippen LogP contribution is 2.43. The van der Waals surface area contributed by atoms with E-state index in [4.69, 9.17) is 4.99 Å². The largest absolute Gasteiger partial charge is 0.357 e. The van der Waals surface area contributed by atoms with Crippen LogP contribution in [-0.4, -0.2) is 28.8 Å². The van der Waals surface area contributed by atoms with Gasteiger partial charge in [-0.05, 0) is 51.3 Å². The number of rotatable bonds is 6. The van der Waals surface area contributed by atoms with Crippen molar-refractivity contribution >= 4 is 29.9 Å². The summed E-state index contributed by atoms with van der Waals surface area (Å²) in [5.41, 5.74) is 4.62. The van der Waals surface area contributed by atoms with Gasteiger partial charge in [-0.3, -0.25) is 4.68 Å². The van der Waals surface area contributed by atoms with Gasteiger partial charge in [0.1, 0.15) is 5.82 Å². The number of nitrogens with one attached hydrogen (secondary N) is 2. The average Bonchev–Trinajstić information content (AvgIpc) is 2.85. The second-order valence-electron chi connectivity index (χ2n) is 7.46. The molecule has 0 saturated heterocycles. The number of benzene rings is 1. The minimum Gasteiger partial charge on any atom is -0.357 e. The summed E-state index contributed by atoms with van der Waals surface area (Å²) >= 11 is 0. The molecule has 0 amide bonds. The number of hydrogen-bond acceptors (Lipinski definition) is 2. The van der Waals surface area contributed by atoms with Gasteiger partial charge in [-0.25, -0.2) is 9.38 Å². The number of nitrogens with zero attached hydrogens (tertiary/aromatic N) is 3. The van der Waals surface area contributed by atoms with Crippen LogP contribution in [0.5, 0.6) is 0 Å². The van der Waals surface area contributed by atoms with Crippen molar-refractivity contribution < 1.29 is 4.39 Å². The minimum atomic E-state index is -0.182. The van der Waals surface area contributed by atoms with Crippen LogP contribution in [0.1, 0.15) is 48.7 Å². The molecule has 2 N–H and O–H groups in total. The Kier molecular flexibility index (Phi) is 7.86. The molecular formula is C21H31FIN5. The quantitative estimate of drug-likeness (QED) is 0.360. The smallest absolute Gasteiger partial charge is 0.191 e. The first-order valence-corrected chi connectivity index (χ1v) is 9.72. The predicted molar refractivity (Wildman–Crippen MR) is 123 cm³/mol. The lowest BCUT2D eigenvalue weighted by molar-refractivity contribution is 0.243. The topological polar surface area (TPSA) is 54.2 Å². The Morgan fingerprint density at radius 1 is 1.21 bits per heavy atom. The van der Waals surface area contributed by atoms with E-state index in [1.54, 1.807) is 12.1 Å². The van der Waals surface area contributed by atoms with Crippen molar-refractivity contribution in [2.24, 2.45) is 12.0 Å². The van der Waals surface area contributed by atoms with Crippen molar-refractivity contribution in [3.63, 3.8) is 0 Å². The van der Waals surface area contributed by atoms with Crippen molar-refractivity contribution in [1.82, 2.24) is 20.4 Å². The summed E-state index contributed by atoms with van der Waals surface area (Å²) in [6.07, 6.45) is 3.44. The van der Waals surface area contributed by atoms with Crippen LogP contribution >= 0.6 is 24.0 Å². The van der Waals surface area contributed by atoms with Gasteiger partial charge >= 0.3 is 0 Å². The highest BCUT2D eigenvalue weighted by molar-refractivity contribution is 14.0. The molecule has 1 aromatic heterocycles. The monoisotopic (exact) mass is 499 g/mol. The highest BCUT2D eigenvalue weighted by Gasteiger charge is 2.38. The number of aromatic nitrogens is 2. The predicted octanol–water partition coefficient (Wildman–Crippen LogP) is 3.97. The Bertz CT molecular complexity index is 809. The Hall–Kier alpha value is -1.64. The van der Waals surface area contributed by atoms with Crippen LogP contribution in [0.3, 0.4) is 0 Å². The zero-order valence-electron chi connectivity index (χ0n) is 17.2. The lowest BCUT2D eigenvalue weighted by Crippen LogP contribution is -2.48. The van der Waals surface area contributed by atoms with E-state index in [0.717, 1.165) is 43.3 Å². The summed E-state index contributed by atoms with van der Waals surface area (Å²) in [5, 5.41) is 11.3. The van der Waals surface area contributed by atoms with Crippen molar-refractivity contribution in [3.8, 4) is 0 Å². The second kappa shape index (κ2) is 9.71. The lowest BCUT2D eigenvalue weighted by Gasteiger charge is -2.43. The van der Waals surface area contributed by atoms with Crippen LogP contribution in [-0.2, 0) is 19.0 Å². The van der Waals surface area contributed by atoms with E-state index < -0.39 is 0 Å². The normalized spacial score (nSPS) is 15.5. The van der Waals surface area contributed by atoms with E-state index in [1.807, 2.05) is 30.8 Å². The maximum atomic E-state index is 13.3. The van der Waals surface area contributed by atoms with Crippen LogP contribution in [0.15, 0.2) is 29.3 Å². The van der Waals surface area contributed by atoms with E-state index in [-0.39, 0.29) is 35.2 Å². The van der Waals surface area contributed by atoms with Gasteiger partial charge in [0, 0.05) is 36.8 Å². The van der Waals surface area contributed by atoms with Gasteiger partial charge in [-0.2, -0.15) is 5.10 Å². The molecule has 0 aliphatic heterocycles. The van der Waals surface area contributed by atoms with Crippen molar-refractivity contribution in [1.29, 1.82) is 0 Å². The second-order valence-corrected chi connectivity index (χ2v) is 7.46. The maximum Gasteiger partial charge on any atom is 0.191 e. The van der Waals surface area contributed by atoms with E-state index in [2.05, 4.69) is 29.6 Å². The zero-order chi connectivity index (χ0) is 19.4. The molecule has 7 heteroatoms. The molecule has 1 fully saturated rings. The number of aliphatic imine (C=N–C) groups is 1. The van der Waals surface area contributed by atoms with Gasteiger partial charge in [-0.15, -0.1) is 24.0 Å². The Balaban J connectivity index is 0.00000280. The number of halogens is 2. The van der Waals surface area contributed by atoms with Gasteiger partial charge < -0.3 is 10.6 Å². The van der Waals surface area contributed by atoms with Gasteiger partial charge in [0.25, 0.3) is 0 Å². The average molecular weight is 499 g/mol. The van der Waals surface area contributed by atoms with E-state index in [9.17, 15) is 4.39 Å². The summed E-state index contributed by atoms with van der Waals surface area (Å²) in [7, 11) is 1.96. The van der Waals surface area contributed by atoms with E-state index in [0.29, 0.717) is 6.54 Å². The lowest BCUT2D eigenvalue weighted by atomic mass is 9.64. The molecule has 1 saturated carbocycles. The first kappa shape index (κ1) is 22.6. The van der Waals surface area contributed by atoms with E-state index >= 15 is 0 Å². The first-order chi connectivity index (χ1) is 12.9. The van der Waals surface area contributed by atoms with Gasteiger partial charge in [-0.1, -0.05) is 18.6 Å². The summed E-state index contributed by atoms with van der Waals surface area (Å²) in [4.78, 5) is 4.77. The molecular weight excluding hydrogens is 468 g/mol. The maximum absolute atomic E-state index is 13.3. The van der Waals surface area contributed by atoms with E-state index in [1.165, 1.54) is 17.5 Å². The third-order valence-electron chi connectivity index (χ3n) is 5.76. The minimum absolute atomic E-state index is 0. The number of guanidine groups is 1.